The first-order valence-electron chi connectivity index (χ1n) is 5.08. The molecule has 0 aliphatic carbocycles. The summed E-state index contributed by atoms with van der Waals surface area (Å²) >= 11 is 13.1. The molecule has 0 aromatic carbocycles. The molecule has 1 amide bonds. The smallest absolute Gasteiger partial charge is 0.254 e. The average Bonchev–Trinajstić information content (AvgIpc) is 2.75. The van der Waals surface area contributed by atoms with Gasteiger partial charge in [-0.25, -0.2) is 0 Å². The molecule has 0 radical (unpaired) electrons. The van der Waals surface area contributed by atoms with Gasteiger partial charge in [-0.3, -0.25) is 4.79 Å². The molecule has 0 atom stereocenters. The van der Waals surface area contributed by atoms with Crippen LogP contribution in [-0.2, 0) is 6.54 Å². The topological polar surface area (TPSA) is 54.9 Å². The molecule has 4 nitrogen and oxygen atoms in total. The third kappa shape index (κ3) is 3.19. The highest BCUT2D eigenvalue weighted by Gasteiger charge is 2.13. The van der Waals surface area contributed by atoms with E-state index in [1.807, 2.05) is 19.1 Å². The van der Waals surface area contributed by atoms with Crippen LogP contribution in [0.25, 0.3) is 0 Å². The summed E-state index contributed by atoms with van der Waals surface area (Å²) in [6, 6.07) is 5.37. The summed E-state index contributed by atoms with van der Waals surface area (Å²) < 4.78 is 0. The summed E-state index contributed by atoms with van der Waals surface area (Å²) in [6.45, 7) is 2.47. The Bertz CT molecular complexity index is 585. The van der Waals surface area contributed by atoms with Crippen LogP contribution in [0, 0.1) is 6.92 Å². The Morgan fingerprint density at radius 3 is 2.83 bits per heavy atom. The quantitative estimate of drug-likeness (QED) is 0.948. The highest BCUT2D eigenvalue weighted by molar-refractivity contribution is 7.11. The second kappa shape index (κ2) is 5.65. The molecule has 0 fully saturated rings. The van der Waals surface area contributed by atoms with Gasteiger partial charge in [0, 0.05) is 9.75 Å². The van der Waals surface area contributed by atoms with Crippen molar-refractivity contribution < 1.29 is 4.79 Å². The minimum atomic E-state index is -0.317. The van der Waals surface area contributed by atoms with Crippen molar-refractivity contribution in [2.45, 2.75) is 13.5 Å². The van der Waals surface area contributed by atoms with Crippen molar-refractivity contribution in [3.63, 3.8) is 0 Å². The minimum Gasteiger partial charge on any atom is -0.347 e. The van der Waals surface area contributed by atoms with E-state index in [1.54, 1.807) is 11.3 Å². The fourth-order valence-electron chi connectivity index (χ4n) is 1.36. The largest absolute Gasteiger partial charge is 0.347 e. The molecule has 2 heterocycles. The first-order valence-corrected chi connectivity index (χ1v) is 6.66. The third-order valence-electron chi connectivity index (χ3n) is 2.18. The fraction of sp³-hybridized carbons (Fsp3) is 0.182. The van der Waals surface area contributed by atoms with Crippen LogP contribution in [0.3, 0.4) is 0 Å². The lowest BCUT2D eigenvalue weighted by atomic mass is 10.3. The van der Waals surface area contributed by atoms with E-state index >= 15 is 0 Å². The monoisotopic (exact) mass is 301 g/mol. The van der Waals surface area contributed by atoms with Gasteiger partial charge < -0.3 is 5.32 Å². The third-order valence-corrected chi connectivity index (χ3v) is 3.65. The van der Waals surface area contributed by atoms with Gasteiger partial charge in [0.05, 0.1) is 12.1 Å². The zero-order chi connectivity index (χ0) is 13.1. The molecule has 0 saturated carbocycles. The summed E-state index contributed by atoms with van der Waals surface area (Å²) in [6.07, 6.45) is 0. The van der Waals surface area contributed by atoms with Crippen molar-refractivity contribution in [3.8, 4) is 0 Å². The van der Waals surface area contributed by atoms with E-state index in [9.17, 15) is 4.79 Å². The van der Waals surface area contributed by atoms with Gasteiger partial charge >= 0.3 is 0 Å². The molecule has 2 aromatic heterocycles. The normalized spacial score (nSPS) is 10.4. The maximum absolute atomic E-state index is 11.9. The second-order valence-corrected chi connectivity index (χ2v) is 5.68. The molecular weight excluding hydrogens is 293 g/mol. The zero-order valence-corrected chi connectivity index (χ0v) is 11.7. The van der Waals surface area contributed by atoms with Crippen molar-refractivity contribution in [1.29, 1.82) is 0 Å². The van der Waals surface area contributed by atoms with E-state index < -0.39 is 0 Å². The number of aromatic nitrogens is 2. The van der Waals surface area contributed by atoms with Crippen LogP contribution < -0.4 is 5.32 Å². The van der Waals surface area contributed by atoms with Crippen LogP contribution in [0.15, 0.2) is 18.2 Å². The van der Waals surface area contributed by atoms with Crippen LogP contribution in [-0.4, -0.2) is 16.1 Å². The van der Waals surface area contributed by atoms with Gasteiger partial charge in [0.15, 0.2) is 10.3 Å². The van der Waals surface area contributed by atoms with Crippen LogP contribution in [0.5, 0.6) is 0 Å². The van der Waals surface area contributed by atoms with Gasteiger partial charge in [-0.05, 0) is 25.1 Å². The van der Waals surface area contributed by atoms with Crippen LogP contribution >= 0.6 is 34.5 Å². The van der Waals surface area contributed by atoms with Gasteiger partial charge in [-0.15, -0.1) is 21.5 Å². The number of hydrogen-bond donors (Lipinski definition) is 1. The minimum absolute atomic E-state index is 0.0410. The van der Waals surface area contributed by atoms with Crippen LogP contribution in [0.1, 0.15) is 20.1 Å². The fourth-order valence-corrected chi connectivity index (χ4v) is 2.51. The van der Waals surface area contributed by atoms with Crippen molar-refractivity contribution in [2.24, 2.45) is 0 Å². The molecule has 0 aliphatic heterocycles. The number of carbonyl (C=O) groups is 1. The lowest BCUT2D eigenvalue weighted by Gasteiger charge is -2.04. The van der Waals surface area contributed by atoms with Crippen molar-refractivity contribution in [2.75, 3.05) is 0 Å². The SMILES string of the molecule is Cc1ccc(CNC(=O)c2cc(Cl)nnc2Cl)s1. The number of amides is 1. The molecule has 2 rings (SSSR count). The molecule has 0 unspecified atom stereocenters. The molecule has 0 aliphatic rings. The molecule has 0 bridgehead atoms. The maximum Gasteiger partial charge on any atom is 0.254 e. The Morgan fingerprint density at radius 2 is 2.17 bits per heavy atom. The van der Waals surface area contributed by atoms with E-state index in [0.717, 1.165) is 4.88 Å². The molecule has 0 saturated heterocycles. The van der Waals surface area contributed by atoms with Crippen molar-refractivity contribution in [3.05, 3.63) is 43.8 Å². The molecule has 18 heavy (non-hydrogen) atoms. The van der Waals surface area contributed by atoms with Gasteiger partial charge in [-0.2, -0.15) is 0 Å². The van der Waals surface area contributed by atoms with E-state index in [-0.39, 0.29) is 21.8 Å². The predicted molar refractivity (Wildman–Crippen MR) is 72.3 cm³/mol. The van der Waals surface area contributed by atoms with E-state index in [0.29, 0.717) is 6.54 Å². The van der Waals surface area contributed by atoms with E-state index in [2.05, 4.69) is 15.5 Å². The predicted octanol–water partition coefficient (Wildman–Crippen LogP) is 3.08. The number of aryl methyl sites for hydroxylation is 1. The number of carbonyl (C=O) groups excluding carboxylic acids is 1. The zero-order valence-electron chi connectivity index (χ0n) is 9.41. The Labute approximate surface area is 118 Å². The van der Waals surface area contributed by atoms with Crippen LogP contribution in [0.4, 0.5) is 0 Å². The molecular formula is C11H9Cl2N3OS. The Hall–Kier alpha value is -1.17. The molecule has 7 heteroatoms. The summed E-state index contributed by atoms with van der Waals surface area (Å²) in [4.78, 5) is 14.2. The van der Waals surface area contributed by atoms with Gasteiger partial charge in [-0.1, -0.05) is 23.2 Å². The summed E-state index contributed by atoms with van der Waals surface area (Å²) in [5, 5.41) is 10.1. The molecule has 2 aromatic rings. The Kier molecular flexibility index (Phi) is 4.16. The Morgan fingerprint density at radius 1 is 1.39 bits per heavy atom. The van der Waals surface area contributed by atoms with Crippen molar-refractivity contribution in [1.82, 2.24) is 15.5 Å². The van der Waals surface area contributed by atoms with Gasteiger partial charge in [0.25, 0.3) is 5.91 Å². The second-order valence-electron chi connectivity index (χ2n) is 3.57. The number of halogens is 2. The standard InChI is InChI=1S/C11H9Cl2N3OS/c1-6-2-3-7(18-6)5-14-11(17)8-4-9(12)15-16-10(8)13/h2-4H,5H2,1H3,(H,14,17). The maximum atomic E-state index is 11.9. The highest BCUT2D eigenvalue weighted by atomic mass is 35.5. The summed E-state index contributed by atoms with van der Waals surface area (Å²) in [5.74, 6) is -0.317. The first-order chi connectivity index (χ1) is 8.56. The van der Waals surface area contributed by atoms with E-state index in [4.69, 9.17) is 23.2 Å². The van der Waals surface area contributed by atoms with Crippen molar-refractivity contribution >= 4 is 40.4 Å². The first kappa shape index (κ1) is 13.3. The number of nitrogens with zero attached hydrogens (tertiary/aromatic N) is 2. The highest BCUT2D eigenvalue weighted by Crippen LogP contribution is 2.17. The molecule has 94 valence electrons. The Balaban J connectivity index is 2.05. The number of nitrogens with one attached hydrogen (secondary N) is 1. The lowest BCUT2D eigenvalue weighted by Crippen LogP contribution is -2.23. The summed E-state index contributed by atoms with van der Waals surface area (Å²) in [5.41, 5.74) is 0.227. The average molecular weight is 302 g/mol. The number of thiophene rings is 1. The molecule has 1 N–H and O–H groups in total. The van der Waals surface area contributed by atoms with Crippen LogP contribution in [0.2, 0.25) is 10.3 Å². The number of hydrogen-bond acceptors (Lipinski definition) is 4. The molecule has 0 spiro atoms. The van der Waals surface area contributed by atoms with Gasteiger partial charge in [0.2, 0.25) is 0 Å². The summed E-state index contributed by atoms with van der Waals surface area (Å²) in [7, 11) is 0. The number of rotatable bonds is 3. The lowest BCUT2D eigenvalue weighted by molar-refractivity contribution is 0.0951. The van der Waals surface area contributed by atoms with Gasteiger partial charge in [0.1, 0.15) is 0 Å². The van der Waals surface area contributed by atoms with E-state index in [1.165, 1.54) is 10.9 Å².